The number of carbonyl (C=O) groups excluding carboxylic acids is 1. The van der Waals surface area contributed by atoms with Gasteiger partial charge in [0.15, 0.2) is 0 Å². The van der Waals surface area contributed by atoms with Gasteiger partial charge in [0.05, 0.1) is 28.3 Å². The van der Waals surface area contributed by atoms with Crippen LogP contribution in [0.1, 0.15) is 40.4 Å². The molecule has 2 heterocycles. The lowest BCUT2D eigenvalue weighted by Gasteiger charge is -2.17. The molecule has 1 amide bonds. The van der Waals surface area contributed by atoms with E-state index in [1.807, 2.05) is 12.1 Å². The summed E-state index contributed by atoms with van der Waals surface area (Å²) < 4.78 is 13.3. The zero-order chi connectivity index (χ0) is 24.6. The van der Waals surface area contributed by atoms with Crippen molar-refractivity contribution in [2.45, 2.75) is 29.4 Å². The maximum atomic E-state index is 13.3. The van der Waals surface area contributed by atoms with Crippen LogP contribution in [0.25, 0.3) is 0 Å². The van der Waals surface area contributed by atoms with Gasteiger partial charge >= 0.3 is 5.97 Å². The number of carbonyl (C=O) groups is 2. The van der Waals surface area contributed by atoms with Crippen molar-refractivity contribution in [1.29, 1.82) is 0 Å². The first-order valence-corrected chi connectivity index (χ1v) is 12.5. The van der Waals surface area contributed by atoms with Crippen LogP contribution in [0.3, 0.4) is 0 Å². The van der Waals surface area contributed by atoms with Crippen molar-refractivity contribution >= 4 is 34.1 Å². The highest BCUT2D eigenvalue weighted by Crippen LogP contribution is 2.29. The Morgan fingerprint density at radius 2 is 1.91 bits per heavy atom. The van der Waals surface area contributed by atoms with Crippen LogP contribution in [0.2, 0.25) is 0 Å². The van der Waals surface area contributed by atoms with E-state index in [9.17, 15) is 18.9 Å². The number of anilines is 2. The largest absolute Gasteiger partial charge is 0.481 e. The first-order chi connectivity index (χ1) is 17.0. The number of aromatic nitrogens is 1. The van der Waals surface area contributed by atoms with E-state index in [0.717, 1.165) is 30.9 Å². The molecule has 4 N–H and O–H groups in total. The lowest BCUT2D eigenvalue weighted by molar-refractivity contribution is -0.137. The van der Waals surface area contributed by atoms with E-state index in [-0.39, 0.29) is 12.3 Å². The molecule has 2 unspecified atom stereocenters. The molecule has 0 aliphatic carbocycles. The van der Waals surface area contributed by atoms with Gasteiger partial charge in [-0.15, -0.1) is 0 Å². The van der Waals surface area contributed by atoms with Crippen molar-refractivity contribution in [3.8, 4) is 0 Å². The molecule has 4 rings (SSSR count). The van der Waals surface area contributed by atoms with Crippen molar-refractivity contribution in [1.82, 2.24) is 10.3 Å². The van der Waals surface area contributed by atoms with Crippen LogP contribution < -0.4 is 16.0 Å². The summed E-state index contributed by atoms with van der Waals surface area (Å²) in [7, 11) is -1.66. The highest BCUT2D eigenvalue weighted by Gasteiger charge is 2.24. The fourth-order valence-corrected chi connectivity index (χ4v) is 5.17. The Morgan fingerprint density at radius 3 is 2.60 bits per heavy atom. The summed E-state index contributed by atoms with van der Waals surface area (Å²) in [6.45, 7) is 0.933. The van der Waals surface area contributed by atoms with Gasteiger partial charge in [-0.1, -0.05) is 12.1 Å². The monoisotopic (exact) mass is 490 g/mol. The Labute approximate surface area is 205 Å². The molecule has 180 valence electrons. The second kappa shape index (κ2) is 11.4. The van der Waals surface area contributed by atoms with Crippen molar-refractivity contribution in [2.24, 2.45) is 0 Å². The fraction of sp³-hybridized carbons (Fsp3) is 0.192. The lowest BCUT2D eigenvalue weighted by Crippen LogP contribution is -2.23. The molecule has 0 spiro atoms. The quantitative estimate of drug-likeness (QED) is 0.353. The maximum absolute atomic E-state index is 13.3. The van der Waals surface area contributed by atoms with E-state index >= 15 is 0 Å². The molecule has 0 fully saturated rings. The first kappa shape index (κ1) is 24.2. The summed E-state index contributed by atoms with van der Waals surface area (Å²) in [6.07, 6.45) is 7.05. The number of nitrogens with one attached hydrogen (secondary N) is 3. The minimum absolute atomic E-state index is 0.302. The number of carboxylic acids is 1. The standard InChI is InChI=1S/C26H26N4O4S/c31-25(32)16-23(19-5-4-13-27-17-19)35(34)22-7-3-6-21(15-22)30-26(33)18-9-11-20(12-10-18)29-24-8-1-2-14-28-24/h3-13,15,17,23,28-29H,1-2,14,16H2,(H,30,33)(H,31,32). The van der Waals surface area contributed by atoms with Gasteiger partial charge in [0.25, 0.3) is 5.91 Å². The average Bonchev–Trinajstić information content (AvgIpc) is 2.88. The van der Waals surface area contributed by atoms with E-state index in [1.165, 1.54) is 6.20 Å². The second-order valence-electron chi connectivity index (χ2n) is 8.04. The molecule has 2 aromatic carbocycles. The van der Waals surface area contributed by atoms with Gasteiger partial charge < -0.3 is 21.1 Å². The number of pyridine rings is 1. The molecule has 1 aliphatic rings. The predicted octanol–water partition coefficient (Wildman–Crippen LogP) is 4.29. The van der Waals surface area contributed by atoms with Gasteiger partial charge in [-0.05, 0) is 73.0 Å². The smallest absolute Gasteiger partial charge is 0.304 e. The van der Waals surface area contributed by atoms with Gasteiger partial charge in [0.2, 0.25) is 0 Å². The van der Waals surface area contributed by atoms with E-state index in [1.54, 1.807) is 54.7 Å². The van der Waals surface area contributed by atoms with Gasteiger partial charge in [-0.3, -0.25) is 18.8 Å². The van der Waals surface area contributed by atoms with E-state index in [4.69, 9.17) is 0 Å². The van der Waals surface area contributed by atoms with Crippen LogP contribution in [-0.2, 0) is 15.6 Å². The number of benzene rings is 2. The molecule has 3 aromatic rings. The lowest BCUT2D eigenvalue weighted by atomic mass is 10.1. The topological polar surface area (TPSA) is 120 Å². The third-order valence-corrected chi connectivity index (χ3v) is 7.14. The summed E-state index contributed by atoms with van der Waals surface area (Å²) in [5.41, 5.74) is 2.40. The summed E-state index contributed by atoms with van der Waals surface area (Å²) in [5, 5.41) is 18.0. The first-order valence-electron chi connectivity index (χ1n) is 11.2. The van der Waals surface area contributed by atoms with Crippen LogP contribution in [0.5, 0.6) is 0 Å². The third-order valence-electron chi connectivity index (χ3n) is 5.47. The maximum Gasteiger partial charge on any atom is 0.304 e. The van der Waals surface area contributed by atoms with Crippen LogP contribution in [0.15, 0.2) is 89.8 Å². The van der Waals surface area contributed by atoms with Crippen LogP contribution in [0, 0.1) is 0 Å². The summed E-state index contributed by atoms with van der Waals surface area (Å²) >= 11 is 0. The molecule has 0 bridgehead atoms. The highest BCUT2D eigenvalue weighted by atomic mass is 32.2. The number of rotatable bonds is 9. The average molecular weight is 491 g/mol. The molecular weight excluding hydrogens is 464 g/mol. The van der Waals surface area contributed by atoms with Gasteiger partial charge in [-0.25, -0.2) is 0 Å². The van der Waals surface area contributed by atoms with Gasteiger partial charge in [-0.2, -0.15) is 0 Å². The molecule has 2 atom stereocenters. The Morgan fingerprint density at radius 1 is 1.09 bits per heavy atom. The van der Waals surface area contributed by atoms with Crippen LogP contribution in [0.4, 0.5) is 11.4 Å². The molecule has 0 radical (unpaired) electrons. The molecular formula is C26H26N4O4S. The number of nitrogens with zero attached hydrogens (tertiary/aromatic N) is 1. The highest BCUT2D eigenvalue weighted by molar-refractivity contribution is 7.85. The zero-order valence-corrected chi connectivity index (χ0v) is 19.8. The van der Waals surface area contributed by atoms with E-state index in [2.05, 4.69) is 27.0 Å². The predicted molar refractivity (Wildman–Crippen MR) is 135 cm³/mol. The zero-order valence-electron chi connectivity index (χ0n) is 18.9. The van der Waals surface area contributed by atoms with Crippen molar-refractivity contribution < 1.29 is 18.9 Å². The Hall–Kier alpha value is -3.98. The molecule has 1 aliphatic heterocycles. The number of hydrogen-bond donors (Lipinski definition) is 4. The summed E-state index contributed by atoms with van der Waals surface area (Å²) in [6, 6.07) is 17.2. The van der Waals surface area contributed by atoms with Gasteiger partial charge in [0.1, 0.15) is 0 Å². The Bertz CT molecular complexity index is 1250. The fourth-order valence-electron chi connectivity index (χ4n) is 3.71. The van der Waals surface area contributed by atoms with Crippen molar-refractivity contribution in [2.75, 3.05) is 17.2 Å². The Kier molecular flexibility index (Phi) is 7.89. The normalized spacial score (nSPS) is 14.7. The third kappa shape index (κ3) is 6.54. The molecule has 9 heteroatoms. The van der Waals surface area contributed by atoms with Crippen molar-refractivity contribution in [3.63, 3.8) is 0 Å². The number of carboxylic acid groups (broad SMARTS) is 1. The van der Waals surface area contributed by atoms with Crippen LogP contribution >= 0.6 is 0 Å². The van der Waals surface area contributed by atoms with E-state index in [0.29, 0.717) is 21.7 Å². The minimum Gasteiger partial charge on any atom is -0.481 e. The van der Waals surface area contributed by atoms with Crippen molar-refractivity contribution in [3.05, 3.63) is 96.1 Å². The van der Waals surface area contributed by atoms with E-state index < -0.39 is 22.0 Å². The van der Waals surface area contributed by atoms with Crippen LogP contribution in [-0.4, -0.2) is 32.7 Å². The Balaban J connectivity index is 1.45. The molecule has 0 saturated carbocycles. The minimum atomic E-state index is -1.66. The molecule has 8 nitrogen and oxygen atoms in total. The number of hydrogen-bond acceptors (Lipinski definition) is 6. The summed E-state index contributed by atoms with van der Waals surface area (Å²) in [4.78, 5) is 28.6. The summed E-state index contributed by atoms with van der Waals surface area (Å²) in [5.74, 6) is -0.389. The number of amides is 1. The molecule has 1 aromatic heterocycles. The second-order valence-corrected chi connectivity index (χ2v) is 9.68. The number of allylic oxidation sites excluding steroid dienone is 1. The number of aliphatic carboxylic acids is 1. The SMILES string of the molecule is O=C(O)CC(c1cccnc1)S(=O)c1cccc(NC(=O)c2ccc(NC3=CCCCN3)cc2)c1. The molecule has 35 heavy (non-hydrogen) atoms. The molecule has 0 saturated heterocycles. The van der Waals surface area contributed by atoms with Gasteiger partial charge in [0, 0.05) is 40.8 Å².